The van der Waals surface area contributed by atoms with E-state index in [2.05, 4.69) is 39.5 Å². The molecule has 0 aromatic rings. The van der Waals surface area contributed by atoms with Crippen LogP contribution < -0.4 is 5.73 Å². The molecule has 0 radical (unpaired) electrons. The molecule has 0 bridgehead atoms. The molecule has 0 aromatic carbocycles. The number of carbonyl (C=O) groups excluding carboxylic acids is 1. The van der Waals surface area contributed by atoms with E-state index in [9.17, 15) is 4.79 Å². The third-order valence-corrected chi connectivity index (χ3v) is 6.46. The highest BCUT2D eigenvalue weighted by molar-refractivity contribution is 5.84. The maximum atomic E-state index is 13.0. The monoisotopic (exact) mass is 280 g/mol. The molecule has 0 aliphatic heterocycles. The van der Waals surface area contributed by atoms with E-state index < -0.39 is 0 Å². The topological polar surface area (TPSA) is 46.3 Å². The zero-order valence-corrected chi connectivity index (χ0v) is 13.9. The normalized spacial score (nSPS) is 31.9. The van der Waals surface area contributed by atoms with Crippen LogP contribution >= 0.6 is 0 Å². The highest BCUT2D eigenvalue weighted by atomic mass is 16.2. The molecule has 0 saturated heterocycles. The summed E-state index contributed by atoms with van der Waals surface area (Å²) in [5.74, 6) is 1.04. The second kappa shape index (κ2) is 5.32. The number of nitrogens with two attached hydrogens (primary N) is 1. The molecule has 2 aliphatic carbocycles. The van der Waals surface area contributed by atoms with E-state index in [0.717, 1.165) is 13.0 Å². The first kappa shape index (κ1) is 15.8. The SMILES string of the molecule is CCN(C(=O)C1C(C)(C)C1(C)C)C1CCCCC1CN. The largest absolute Gasteiger partial charge is 0.339 e. The standard InChI is InChI=1S/C17H32N2O/c1-6-19(13-10-8-7-9-12(13)11-18)15(20)14-16(2,3)17(14,4)5/h12-14H,6-11,18H2,1-5H3. The molecule has 2 saturated carbocycles. The molecular weight excluding hydrogens is 248 g/mol. The average molecular weight is 280 g/mol. The van der Waals surface area contributed by atoms with Gasteiger partial charge in [-0.1, -0.05) is 40.5 Å². The molecule has 3 heteroatoms. The van der Waals surface area contributed by atoms with Crippen molar-refractivity contribution in [1.29, 1.82) is 0 Å². The smallest absolute Gasteiger partial charge is 0.227 e. The highest BCUT2D eigenvalue weighted by Gasteiger charge is 2.69. The summed E-state index contributed by atoms with van der Waals surface area (Å²) in [5, 5.41) is 0. The van der Waals surface area contributed by atoms with Crippen LogP contribution in [-0.2, 0) is 4.79 Å². The summed E-state index contributed by atoms with van der Waals surface area (Å²) in [5.41, 5.74) is 6.21. The second-order valence-electron chi connectivity index (χ2n) is 7.85. The maximum Gasteiger partial charge on any atom is 0.227 e. The Kier molecular flexibility index (Phi) is 4.21. The molecule has 2 fully saturated rings. The van der Waals surface area contributed by atoms with E-state index in [0.29, 0.717) is 24.4 Å². The van der Waals surface area contributed by atoms with Gasteiger partial charge in [-0.25, -0.2) is 0 Å². The summed E-state index contributed by atoms with van der Waals surface area (Å²) in [7, 11) is 0. The molecule has 2 aliphatic rings. The number of nitrogens with zero attached hydrogens (tertiary/aromatic N) is 1. The Hall–Kier alpha value is -0.570. The van der Waals surface area contributed by atoms with E-state index in [-0.39, 0.29) is 16.7 Å². The zero-order valence-electron chi connectivity index (χ0n) is 13.9. The van der Waals surface area contributed by atoms with Gasteiger partial charge >= 0.3 is 0 Å². The van der Waals surface area contributed by atoms with Gasteiger partial charge < -0.3 is 10.6 Å². The first-order chi connectivity index (χ1) is 9.29. The number of hydrogen-bond acceptors (Lipinski definition) is 2. The van der Waals surface area contributed by atoms with Crippen molar-refractivity contribution in [3.05, 3.63) is 0 Å². The number of rotatable bonds is 4. The molecule has 3 nitrogen and oxygen atoms in total. The van der Waals surface area contributed by atoms with Gasteiger partial charge in [0.05, 0.1) is 0 Å². The molecule has 0 heterocycles. The maximum absolute atomic E-state index is 13.0. The number of hydrogen-bond donors (Lipinski definition) is 1. The van der Waals surface area contributed by atoms with Gasteiger partial charge in [0, 0.05) is 18.5 Å². The summed E-state index contributed by atoms with van der Waals surface area (Å²) in [4.78, 5) is 15.2. The molecule has 1 amide bonds. The quantitative estimate of drug-likeness (QED) is 0.860. The minimum atomic E-state index is 0.129. The Morgan fingerprint density at radius 1 is 1.15 bits per heavy atom. The Morgan fingerprint density at radius 3 is 2.15 bits per heavy atom. The van der Waals surface area contributed by atoms with Gasteiger partial charge in [-0.05, 0) is 43.1 Å². The summed E-state index contributed by atoms with van der Waals surface area (Å²) in [6, 6.07) is 0.374. The van der Waals surface area contributed by atoms with Crippen molar-refractivity contribution in [2.45, 2.75) is 66.3 Å². The molecule has 2 unspecified atom stereocenters. The predicted octanol–water partition coefficient (Wildman–Crippen LogP) is 3.03. The molecule has 0 aromatic heterocycles. The van der Waals surface area contributed by atoms with Crippen molar-refractivity contribution in [2.75, 3.05) is 13.1 Å². The van der Waals surface area contributed by atoms with Crippen molar-refractivity contribution in [1.82, 2.24) is 4.90 Å². The van der Waals surface area contributed by atoms with E-state index in [1.807, 2.05) is 0 Å². The van der Waals surface area contributed by atoms with Gasteiger partial charge in [0.2, 0.25) is 5.91 Å². The Morgan fingerprint density at radius 2 is 1.70 bits per heavy atom. The Balaban J connectivity index is 2.14. The van der Waals surface area contributed by atoms with Crippen LogP contribution in [0.15, 0.2) is 0 Å². The summed E-state index contributed by atoms with van der Waals surface area (Å²) >= 11 is 0. The van der Waals surface area contributed by atoms with Crippen LogP contribution in [0.25, 0.3) is 0 Å². The lowest BCUT2D eigenvalue weighted by atomic mass is 9.83. The Bertz CT molecular complexity index is 361. The lowest BCUT2D eigenvalue weighted by Crippen LogP contribution is -2.49. The van der Waals surface area contributed by atoms with E-state index in [4.69, 9.17) is 5.73 Å². The lowest BCUT2D eigenvalue weighted by Gasteiger charge is -2.39. The van der Waals surface area contributed by atoms with Gasteiger partial charge in [-0.2, -0.15) is 0 Å². The first-order valence-corrected chi connectivity index (χ1v) is 8.29. The summed E-state index contributed by atoms with van der Waals surface area (Å²) in [6.07, 6.45) is 4.82. The third-order valence-electron chi connectivity index (χ3n) is 6.46. The molecule has 0 spiro atoms. The van der Waals surface area contributed by atoms with Crippen molar-refractivity contribution in [3.63, 3.8) is 0 Å². The van der Waals surface area contributed by atoms with Crippen molar-refractivity contribution < 1.29 is 4.79 Å². The number of amides is 1. The fourth-order valence-corrected chi connectivity index (χ4v) is 4.41. The van der Waals surface area contributed by atoms with Crippen LogP contribution in [0.3, 0.4) is 0 Å². The minimum Gasteiger partial charge on any atom is -0.339 e. The van der Waals surface area contributed by atoms with E-state index >= 15 is 0 Å². The van der Waals surface area contributed by atoms with Gasteiger partial charge in [-0.15, -0.1) is 0 Å². The van der Waals surface area contributed by atoms with Crippen molar-refractivity contribution in [2.24, 2.45) is 28.4 Å². The van der Waals surface area contributed by atoms with Crippen molar-refractivity contribution >= 4 is 5.91 Å². The highest BCUT2D eigenvalue weighted by Crippen LogP contribution is 2.69. The first-order valence-electron chi connectivity index (χ1n) is 8.29. The van der Waals surface area contributed by atoms with Crippen LogP contribution in [0.2, 0.25) is 0 Å². The lowest BCUT2D eigenvalue weighted by molar-refractivity contribution is -0.137. The van der Waals surface area contributed by atoms with Gasteiger partial charge in [-0.3, -0.25) is 4.79 Å². The summed E-state index contributed by atoms with van der Waals surface area (Å²) < 4.78 is 0. The molecule has 116 valence electrons. The minimum absolute atomic E-state index is 0.129. The molecule has 20 heavy (non-hydrogen) atoms. The predicted molar refractivity (Wildman–Crippen MR) is 83.2 cm³/mol. The third kappa shape index (κ3) is 2.28. The van der Waals surface area contributed by atoms with Crippen LogP contribution in [0.1, 0.15) is 60.3 Å². The Labute approximate surface area is 124 Å². The summed E-state index contributed by atoms with van der Waals surface area (Å²) in [6.45, 7) is 12.6. The zero-order chi connectivity index (χ0) is 15.1. The van der Waals surface area contributed by atoms with Gasteiger partial charge in [0.1, 0.15) is 0 Å². The van der Waals surface area contributed by atoms with Gasteiger partial charge in [0.15, 0.2) is 0 Å². The van der Waals surface area contributed by atoms with E-state index in [1.54, 1.807) is 0 Å². The van der Waals surface area contributed by atoms with Crippen molar-refractivity contribution in [3.8, 4) is 0 Å². The fraction of sp³-hybridized carbons (Fsp3) is 0.941. The molecule has 2 atom stereocenters. The van der Waals surface area contributed by atoms with Crippen LogP contribution in [0.4, 0.5) is 0 Å². The number of carbonyl (C=O) groups is 1. The second-order valence-corrected chi connectivity index (χ2v) is 7.85. The fourth-order valence-electron chi connectivity index (χ4n) is 4.41. The molecule has 2 N–H and O–H groups in total. The molecular formula is C17H32N2O. The van der Waals surface area contributed by atoms with Crippen LogP contribution in [0, 0.1) is 22.7 Å². The average Bonchev–Trinajstić information content (AvgIpc) is 2.81. The van der Waals surface area contributed by atoms with Crippen LogP contribution in [-0.4, -0.2) is 29.9 Å². The van der Waals surface area contributed by atoms with E-state index in [1.165, 1.54) is 19.3 Å². The van der Waals surface area contributed by atoms with Crippen LogP contribution in [0.5, 0.6) is 0 Å². The molecule has 2 rings (SSSR count). The van der Waals surface area contributed by atoms with Gasteiger partial charge in [0.25, 0.3) is 0 Å².